The molecule has 88 valence electrons. The molecule has 5 nitrogen and oxygen atoms in total. The van der Waals surface area contributed by atoms with Crippen molar-refractivity contribution in [1.29, 1.82) is 0 Å². The summed E-state index contributed by atoms with van der Waals surface area (Å²) in [7, 11) is -3.51. The van der Waals surface area contributed by atoms with Gasteiger partial charge in [-0.1, -0.05) is 0 Å². The molecule has 1 aromatic rings. The summed E-state index contributed by atoms with van der Waals surface area (Å²) in [6, 6.07) is 0. The van der Waals surface area contributed by atoms with Gasteiger partial charge < -0.3 is 5.32 Å². The lowest BCUT2D eigenvalue weighted by atomic mass is 10.2. The molecule has 0 spiro atoms. The fourth-order valence-electron chi connectivity index (χ4n) is 1.70. The van der Waals surface area contributed by atoms with Crippen molar-refractivity contribution in [3.63, 3.8) is 0 Å². The molecule has 1 aliphatic heterocycles. The molecule has 16 heavy (non-hydrogen) atoms. The molecular formula is C9H12FN3O2S. The van der Waals surface area contributed by atoms with Gasteiger partial charge in [-0.05, 0) is 25.9 Å². The fourth-order valence-corrected chi connectivity index (χ4v) is 3.26. The van der Waals surface area contributed by atoms with Crippen LogP contribution < -0.4 is 5.32 Å². The van der Waals surface area contributed by atoms with Gasteiger partial charge in [-0.15, -0.1) is 0 Å². The van der Waals surface area contributed by atoms with Crippen molar-refractivity contribution in [2.75, 3.05) is 13.1 Å². The smallest absolute Gasteiger partial charge is 0.247 e. The Morgan fingerprint density at radius 3 is 2.38 bits per heavy atom. The zero-order chi connectivity index (χ0) is 11.6. The Morgan fingerprint density at radius 1 is 1.25 bits per heavy atom. The highest BCUT2D eigenvalue weighted by Crippen LogP contribution is 2.18. The second kappa shape index (κ2) is 4.42. The van der Waals surface area contributed by atoms with Crippen molar-refractivity contribution in [3.8, 4) is 0 Å². The number of nitrogens with one attached hydrogen (secondary N) is 1. The van der Waals surface area contributed by atoms with Crippen molar-refractivity contribution in [2.24, 2.45) is 0 Å². The molecule has 0 unspecified atom stereocenters. The van der Waals surface area contributed by atoms with Gasteiger partial charge in [-0.3, -0.25) is 0 Å². The average molecular weight is 245 g/mol. The molecule has 1 aliphatic rings. The normalized spacial score (nSPS) is 18.6. The minimum absolute atomic E-state index is 0.277. The van der Waals surface area contributed by atoms with Crippen molar-refractivity contribution in [3.05, 3.63) is 18.2 Å². The second-order valence-corrected chi connectivity index (χ2v) is 5.80. The summed E-state index contributed by atoms with van der Waals surface area (Å²) in [6.45, 7) is 1.34. The summed E-state index contributed by atoms with van der Waals surface area (Å²) in [5.74, 6) is -0.635. The number of halogens is 1. The summed E-state index contributed by atoms with van der Waals surface area (Å²) in [4.78, 5) is 7.06. The first-order chi connectivity index (χ1) is 7.60. The topological polar surface area (TPSA) is 72.0 Å². The van der Waals surface area contributed by atoms with Gasteiger partial charge in [-0.2, -0.15) is 0 Å². The van der Waals surface area contributed by atoms with Crippen molar-refractivity contribution < 1.29 is 12.8 Å². The maximum absolute atomic E-state index is 12.6. The molecule has 0 aromatic carbocycles. The largest absolute Gasteiger partial charge is 0.317 e. The molecule has 0 aliphatic carbocycles. The Morgan fingerprint density at radius 2 is 1.81 bits per heavy atom. The van der Waals surface area contributed by atoms with Crippen LogP contribution in [0.4, 0.5) is 4.39 Å². The van der Waals surface area contributed by atoms with Crippen LogP contribution in [-0.2, 0) is 9.84 Å². The first kappa shape index (κ1) is 11.4. The lowest BCUT2D eigenvalue weighted by molar-refractivity contribution is 0.491. The Kier molecular flexibility index (Phi) is 3.15. The van der Waals surface area contributed by atoms with E-state index in [2.05, 4.69) is 15.3 Å². The van der Waals surface area contributed by atoms with Crippen LogP contribution in [-0.4, -0.2) is 36.7 Å². The molecule has 7 heteroatoms. The van der Waals surface area contributed by atoms with Gasteiger partial charge in [0.15, 0.2) is 5.82 Å². The predicted octanol–water partition coefficient (Wildman–Crippen LogP) is 0.141. The number of aromatic nitrogens is 2. The zero-order valence-electron chi connectivity index (χ0n) is 8.56. The Hall–Kier alpha value is -1.08. The third-order valence-corrected chi connectivity index (χ3v) is 4.64. The van der Waals surface area contributed by atoms with Crippen molar-refractivity contribution >= 4 is 9.84 Å². The number of hydrogen-bond acceptors (Lipinski definition) is 5. The van der Waals surface area contributed by atoms with Gasteiger partial charge in [0, 0.05) is 0 Å². The monoisotopic (exact) mass is 245 g/mol. The number of piperidine rings is 1. The van der Waals surface area contributed by atoms with Crippen LogP contribution in [0.5, 0.6) is 0 Å². The molecule has 1 aromatic heterocycles. The minimum atomic E-state index is -3.51. The highest BCUT2D eigenvalue weighted by molar-refractivity contribution is 7.91. The Labute approximate surface area is 93.0 Å². The lowest BCUT2D eigenvalue weighted by Crippen LogP contribution is -2.36. The van der Waals surface area contributed by atoms with E-state index in [4.69, 9.17) is 0 Å². The molecule has 0 amide bonds. The molecule has 1 saturated heterocycles. The molecule has 2 rings (SSSR count). The molecule has 2 heterocycles. The SMILES string of the molecule is O=S(=O)(c1ncc(F)cn1)C1CCNCC1. The predicted molar refractivity (Wildman–Crippen MR) is 55.1 cm³/mol. The van der Waals surface area contributed by atoms with E-state index in [0.717, 1.165) is 12.4 Å². The molecule has 1 N–H and O–H groups in total. The van der Waals surface area contributed by atoms with Crippen LogP contribution in [0.3, 0.4) is 0 Å². The Balaban J connectivity index is 2.27. The summed E-state index contributed by atoms with van der Waals surface area (Å²) in [5, 5.41) is 2.35. The quantitative estimate of drug-likeness (QED) is 0.750. The second-order valence-electron chi connectivity index (χ2n) is 3.68. The third-order valence-electron chi connectivity index (χ3n) is 2.58. The minimum Gasteiger partial charge on any atom is -0.317 e. The van der Waals surface area contributed by atoms with Gasteiger partial charge in [0.25, 0.3) is 0 Å². The molecular weight excluding hydrogens is 233 g/mol. The fraction of sp³-hybridized carbons (Fsp3) is 0.556. The van der Waals surface area contributed by atoms with E-state index < -0.39 is 20.9 Å². The zero-order valence-corrected chi connectivity index (χ0v) is 9.37. The first-order valence-electron chi connectivity index (χ1n) is 5.03. The molecule has 0 bridgehead atoms. The third kappa shape index (κ3) is 2.19. The maximum atomic E-state index is 12.6. The van der Waals surface area contributed by atoms with E-state index in [1.165, 1.54) is 0 Å². The van der Waals surface area contributed by atoms with Crippen LogP contribution in [0, 0.1) is 5.82 Å². The van der Waals surface area contributed by atoms with Crippen LogP contribution >= 0.6 is 0 Å². The van der Waals surface area contributed by atoms with Gasteiger partial charge in [0.1, 0.15) is 0 Å². The first-order valence-corrected chi connectivity index (χ1v) is 6.57. The van der Waals surface area contributed by atoms with E-state index in [1.54, 1.807) is 0 Å². The van der Waals surface area contributed by atoms with E-state index in [0.29, 0.717) is 25.9 Å². The highest BCUT2D eigenvalue weighted by Gasteiger charge is 2.31. The summed E-state index contributed by atoms with van der Waals surface area (Å²) < 4.78 is 36.6. The summed E-state index contributed by atoms with van der Waals surface area (Å²) in [5.41, 5.74) is 0. The molecule has 0 radical (unpaired) electrons. The number of hydrogen-bond donors (Lipinski definition) is 1. The molecule has 0 atom stereocenters. The lowest BCUT2D eigenvalue weighted by Gasteiger charge is -2.21. The summed E-state index contributed by atoms with van der Waals surface area (Å²) >= 11 is 0. The standard InChI is InChI=1S/C9H12FN3O2S/c10-7-5-12-9(13-6-7)16(14,15)8-1-3-11-4-2-8/h5-6,8,11H,1-4H2. The highest BCUT2D eigenvalue weighted by atomic mass is 32.2. The van der Waals surface area contributed by atoms with Gasteiger partial charge >= 0.3 is 0 Å². The molecule has 1 fully saturated rings. The van der Waals surface area contributed by atoms with Crippen LogP contribution in [0.15, 0.2) is 17.6 Å². The van der Waals surface area contributed by atoms with E-state index in [9.17, 15) is 12.8 Å². The van der Waals surface area contributed by atoms with E-state index >= 15 is 0 Å². The van der Waals surface area contributed by atoms with Crippen LogP contribution in [0.1, 0.15) is 12.8 Å². The van der Waals surface area contributed by atoms with Gasteiger partial charge in [0.05, 0.1) is 17.6 Å². The van der Waals surface area contributed by atoms with E-state index in [-0.39, 0.29) is 5.16 Å². The maximum Gasteiger partial charge on any atom is 0.247 e. The number of nitrogens with zero attached hydrogens (tertiary/aromatic N) is 2. The number of sulfone groups is 1. The molecule has 0 saturated carbocycles. The van der Waals surface area contributed by atoms with E-state index in [1.807, 2.05) is 0 Å². The summed E-state index contributed by atoms with van der Waals surface area (Å²) in [6.07, 6.45) is 2.84. The van der Waals surface area contributed by atoms with Crippen LogP contribution in [0.25, 0.3) is 0 Å². The van der Waals surface area contributed by atoms with Gasteiger partial charge in [0.2, 0.25) is 15.0 Å². The van der Waals surface area contributed by atoms with Gasteiger partial charge in [-0.25, -0.2) is 22.8 Å². The van der Waals surface area contributed by atoms with Crippen molar-refractivity contribution in [1.82, 2.24) is 15.3 Å². The Bertz CT molecular complexity index is 454. The average Bonchev–Trinajstić information content (AvgIpc) is 2.31. The van der Waals surface area contributed by atoms with Crippen molar-refractivity contribution in [2.45, 2.75) is 23.2 Å². The van der Waals surface area contributed by atoms with Crippen LogP contribution in [0.2, 0.25) is 0 Å². The number of rotatable bonds is 2.